The first kappa shape index (κ1) is 9.19. The Hall–Kier alpha value is -0.810. The second-order valence-corrected chi connectivity index (χ2v) is 1.43. The van der Waals surface area contributed by atoms with Crippen molar-refractivity contribution in [2.24, 2.45) is 0 Å². The van der Waals surface area contributed by atoms with Gasteiger partial charge in [-0.25, -0.2) is 9.90 Å². The molecule has 0 saturated heterocycles. The Bertz CT molecular complexity index is 92.0. The SMILES string of the molecule is [O]CCOCCOC(=O)O. The molecular weight excluding hydrogens is 140 g/mol. The van der Waals surface area contributed by atoms with Gasteiger partial charge in [0.05, 0.1) is 13.2 Å². The summed E-state index contributed by atoms with van der Waals surface area (Å²) in [7, 11) is 0. The van der Waals surface area contributed by atoms with E-state index in [0.29, 0.717) is 0 Å². The van der Waals surface area contributed by atoms with Gasteiger partial charge in [-0.2, -0.15) is 0 Å². The zero-order chi connectivity index (χ0) is 7.82. The third kappa shape index (κ3) is 7.19. The second-order valence-electron chi connectivity index (χ2n) is 1.43. The number of carbonyl (C=O) groups is 1. The first-order valence-corrected chi connectivity index (χ1v) is 2.79. The van der Waals surface area contributed by atoms with Crippen LogP contribution >= 0.6 is 0 Å². The minimum atomic E-state index is -1.33. The van der Waals surface area contributed by atoms with Crippen LogP contribution in [0.3, 0.4) is 0 Å². The molecule has 0 fully saturated rings. The molecule has 5 heteroatoms. The largest absolute Gasteiger partial charge is 0.505 e. The highest BCUT2D eigenvalue weighted by atomic mass is 16.7. The topological polar surface area (TPSA) is 75.7 Å². The van der Waals surface area contributed by atoms with Gasteiger partial charge in [0.15, 0.2) is 0 Å². The van der Waals surface area contributed by atoms with Crippen LogP contribution in [0.4, 0.5) is 4.79 Å². The van der Waals surface area contributed by atoms with Crippen LogP contribution in [0, 0.1) is 0 Å². The molecule has 10 heavy (non-hydrogen) atoms. The highest BCUT2D eigenvalue weighted by Crippen LogP contribution is 1.78. The number of carboxylic acid groups (broad SMARTS) is 1. The van der Waals surface area contributed by atoms with E-state index in [1.165, 1.54) is 0 Å². The highest BCUT2D eigenvalue weighted by Gasteiger charge is 1.94. The zero-order valence-electron chi connectivity index (χ0n) is 5.41. The molecule has 0 aliphatic carbocycles. The van der Waals surface area contributed by atoms with E-state index >= 15 is 0 Å². The van der Waals surface area contributed by atoms with Crippen molar-refractivity contribution in [2.75, 3.05) is 26.4 Å². The van der Waals surface area contributed by atoms with Gasteiger partial charge in [-0.1, -0.05) is 0 Å². The molecule has 5 nitrogen and oxygen atoms in total. The first-order chi connectivity index (χ1) is 4.77. The van der Waals surface area contributed by atoms with Crippen molar-refractivity contribution in [1.82, 2.24) is 0 Å². The maximum absolute atomic E-state index is 9.74. The molecule has 0 aromatic carbocycles. The molecule has 0 heterocycles. The Morgan fingerprint density at radius 1 is 1.30 bits per heavy atom. The van der Waals surface area contributed by atoms with Gasteiger partial charge >= 0.3 is 6.16 Å². The second kappa shape index (κ2) is 6.31. The van der Waals surface area contributed by atoms with Crippen LogP contribution < -0.4 is 0 Å². The average molecular weight is 149 g/mol. The quantitative estimate of drug-likeness (QED) is 0.445. The lowest BCUT2D eigenvalue weighted by Crippen LogP contribution is -2.09. The summed E-state index contributed by atoms with van der Waals surface area (Å²) in [5, 5.41) is 17.7. The molecule has 0 aromatic rings. The summed E-state index contributed by atoms with van der Waals surface area (Å²) in [5.41, 5.74) is 0. The Labute approximate surface area is 58.2 Å². The molecule has 0 rings (SSSR count). The van der Waals surface area contributed by atoms with Gasteiger partial charge in [-0.3, -0.25) is 0 Å². The van der Waals surface area contributed by atoms with E-state index in [0.717, 1.165) is 0 Å². The summed E-state index contributed by atoms with van der Waals surface area (Å²) < 4.78 is 8.71. The number of hydrogen-bond acceptors (Lipinski definition) is 3. The Kier molecular flexibility index (Phi) is 5.80. The standard InChI is InChI=1S/C5H9O5/c6-1-2-9-3-4-10-5(7)8/h1-4H2,(H,7,8). The molecule has 1 N–H and O–H groups in total. The Balaban J connectivity index is 2.84. The molecule has 0 saturated carbocycles. The van der Waals surface area contributed by atoms with Crippen molar-refractivity contribution in [1.29, 1.82) is 0 Å². The van der Waals surface area contributed by atoms with E-state index in [2.05, 4.69) is 9.47 Å². The number of ether oxygens (including phenoxy) is 2. The van der Waals surface area contributed by atoms with Crippen LogP contribution in [-0.4, -0.2) is 37.7 Å². The smallest absolute Gasteiger partial charge is 0.450 e. The molecule has 0 unspecified atom stereocenters. The molecule has 0 aliphatic heterocycles. The minimum Gasteiger partial charge on any atom is -0.450 e. The van der Waals surface area contributed by atoms with Crippen LogP contribution in [-0.2, 0) is 14.6 Å². The molecule has 0 bridgehead atoms. The lowest BCUT2D eigenvalue weighted by Gasteiger charge is -1.99. The highest BCUT2D eigenvalue weighted by molar-refractivity contribution is 5.56. The average Bonchev–Trinajstić information content (AvgIpc) is 1.87. The fourth-order valence-corrected chi connectivity index (χ4v) is 0.349. The van der Waals surface area contributed by atoms with Crippen LogP contribution in [0.25, 0.3) is 0 Å². The molecule has 0 aromatic heterocycles. The van der Waals surface area contributed by atoms with Gasteiger partial charge in [-0.05, 0) is 0 Å². The van der Waals surface area contributed by atoms with Crippen LogP contribution in [0.15, 0.2) is 0 Å². The van der Waals surface area contributed by atoms with E-state index in [-0.39, 0.29) is 26.4 Å². The lowest BCUT2D eigenvalue weighted by molar-refractivity contribution is 0.0254. The van der Waals surface area contributed by atoms with Crippen LogP contribution in [0.2, 0.25) is 0 Å². The molecule has 0 atom stereocenters. The van der Waals surface area contributed by atoms with Gasteiger partial charge in [-0.15, -0.1) is 0 Å². The predicted octanol–water partition coefficient (Wildman–Crippen LogP) is 0.128. The van der Waals surface area contributed by atoms with Crippen LogP contribution in [0.5, 0.6) is 0 Å². The molecule has 0 amide bonds. The third-order valence-electron chi connectivity index (χ3n) is 0.681. The van der Waals surface area contributed by atoms with Crippen molar-refractivity contribution >= 4 is 6.16 Å². The van der Waals surface area contributed by atoms with E-state index in [1.807, 2.05) is 0 Å². The summed E-state index contributed by atoms with van der Waals surface area (Å²) in [5.74, 6) is 0. The van der Waals surface area contributed by atoms with E-state index in [1.54, 1.807) is 0 Å². The Morgan fingerprint density at radius 3 is 2.50 bits per heavy atom. The van der Waals surface area contributed by atoms with Gasteiger partial charge in [0, 0.05) is 0 Å². The number of rotatable bonds is 5. The van der Waals surface area contributed by atoms with Gasteiger partial charge in [0.1, 0.15) is 13.2 Å². The normalized spacial score (nSPS) is 9.30. The zero-order valence-corrected chi connectivity index (χ0v) is 5.41. The van der Waals surface area contributed by atoms with E-state index in [4.69, 9.17) is 5.11 Å². The maximum Gasteiger partial charge on any atom is 0.505 e. The van der Waals surface area contributed by atoms with Crippen molar-refractivity contribution in [3.8, 4) is 0 Å². The summed E-state index contributed by atoms with van der Waals surface area (Å²) in [6.07, 6.45) is -1.33. The minimum absolute atomic E-state index is 0.0185. The van der Waals surface area contributed by atoms with E-state index < -0.39 is 6.16 Å². The van der Waals surface area contributed by atoms with Gasteiger partial charge in [0.25, 0.3) is 0 Å². The van der Waals surface area contributed by atoms with Crippen LogP contribution in [0.1, 0.15) is 0 Å². The predicted molar refractivity (Wildman–Crippen MR) is 30.3 cm³/mol. The summed E-state index contributed by atoms with van der Waals surface area (Å²) in [4.78, 5) is 9.69. The van der Waals surface area contributed by atoms with Crippen molar-refractivity contribution in [3.63, 3.8) is 0 Å². The fraction of sp³-hybridized carbons (Fsp3) is 0.800. The van der Waals surface area contributed by atoms with Crippen molar-refractivity contribution in [2.45, 2.75) is 0 Å². The molecule has 0 aliphatic rings. The molecule has 1 radical (unpaired) electrons. The monoisotopic (exact) mass is 149 g/mol. The molecule has 59 valence electrons. The maximum atomic E-state index is 9.74. The van der Waals surface area contributed by atoms with Gasteiger partial charge in [0.2, 0.25) is 0 Å². The number of hydrogen-bond donors (Lipinski definition) is 1. The van der Waals surface area contributed by atoms with Crippen molar-refractivity contribution < 1.29 is 24.5 Å². The van der Waals surface area contributed by atoms with Gasteiger partial charge < -0.3 is 14.6 Å². The fourth-order valence-electron chi connectivity index (χ4n) is 0.349. The molecule has 0 spiro atoms. The van der Waals surface area contributed by atoms with Crippen molar-refractivity contribution in [3.05, 3.63) is 0 Å². The molecular formula is C5H9O5. The summed E-state index contributed by atoms with van der Waals surface area (Å²) in [6.45, 7) is -0.0834. The lowest BCUT2D eigenvalue weighted by atomic mass is 10.7. The summed E-state index contributed by atoms with van der Waals surface area (Å²) in [6, 6.07) is 0. The van der Waals surface area contributed by atoms with E-state index in [9.17, 15) is 9.90 Å². The summed E-state index contributed by atoms with van der Waals surface area (Å²) >= 11 is 0. The first-order valence-electron chi connectivity index (χ1n) is 2.79. The third-order valence-corrected chi connectivity index (χ3v) is 0.681. The Morgan fingerprint density at radius 2 is 2.00 bits per heavy atom.